The predicted octanol–water partition coefficient (Wildman–Crippen LogP) is 1.85. The van der Waals surface area contributed by atoms with E-state index in [1.54, 1.807) is 7.05 Å². The van der Waals surface area contributed by atoms with Crippen LogP contribution in [0.1, 0.15) is 37.7 Å². The molecule has 2 heterocycles. The van der Waals surface area contributed by atoms with Gasteiger partial charge in [-0.2, -0.15) is 0 Å². The van der Waals surface area contributed by atoms with E-state index in [0.29, 0.717) is 6.54 Å². The number of amides is 2. The van der Waals surface area contributed by atoms with Crippen molar-refractivity contribution >= 4 is 11.8 Å². The molecule has 136 valence electrons. The van der Waals surface area contributed by atoms with Crippen LogP contribution in [0.25, 0.3) is 0 Å². The molecule has 1 aromatic carbocycles. The maximum Gasteiger partial charge on any atom is 0.233 e. The lowest BCUT2D eigenvalue weighted by Crippen LogP contribution is -2.54. The van der Waals surface area contributed by atoms with E-state index in [-0.39, 0.29) is 23.1 Å². The fourth-order valence-electron chi connectivity index (χ4n) is 4.33. The topological polar surface area (TPSA) is 52.6 Å². The predicted molar refractivity (Wildman–Crippen MR) is 98.2 cm³/mol. The summed E-state index contributed by atoms with van der Waals surface area (Å²) in [5.74, 6) is 0.319. The van der Waals surface area contributed by atoms with Gasteiger partial charge in [-0.1, -0.05) is 30.3 Å². The fraction of sp³-hybridized carbons (Fsp3) is 0.600. The summed E-state index contributed by atoms with van der Waals surface area (Å²) >= 11 is 0. The average Bonchev–Trinajstić information content (AvgIpc) is 2.66. The largest absolute Gasteiger partial charge is 0.358 e. The first-order chi connectivity index (χ1) is 12.1. The van der Waals surface area contributed by atoms with Gasteiger partial charge in [-0.15, -0.1) is 0 Å². The van der Waals surface area contributed by atoms with Crippen LogP contribution < -0.4 is 5.32 Å². The monoisotopic (exact) mass is 343 g/mol. The highest BCUT2D eigenvalue weighted by Gasteiger charge is 2.45. The van der Waals surface area contributed by atoms with Gasteiger partial charge < -0.3 is 10.2 Å². The van der Waals surface area contributed by atoms with E-state index in [4.69, 9.17) is 0 Å². The Morgan fingerprint density at radius 1 is 1.24 bits per heavy atom. The van der Waals surface area contributed by atoms with Gasteiger partial charge in [-0.25, -0.2) is 0 Å². The van der Waals surface area contributed by atoms with E-state index < -0.39 is 0 Å². The molecule has 2 amide bonds. The Morgan fingerprint density at radius 2 is 1.92 bits per heavy atom. The molecule has 2 fully saturated rings. The number of carbonyl (C=O) groups is 2. The van der Waals surface area contributed by atoms with Crippen molar-refractivity contribution < 1.29 is 9.59 Å². The van der Waals surface area contributed by atoms with Gasteiger partial charge >= 0.3 is 0 Å². The number of carbonyl (C=O) groups excluding carboxylic acids is 2. The maximum atomic E-state index is 12.9. The van der Waals surface area contributed by atoms with E-state index in [1.807, 2.05) is 23.1 Å². The highest BCUT2D eigenvalue weighted by molar-refractivity contribution is 5.84. The van der Waals surface area contributed by atoms with Crippen molar-refractivity contribution in [3.63, 3.8) is 0 Å². The van der Waals surface area contributed by atoms with Gasteiger partial charge in [0.2, 0.25) is 11.8 Å². The van der Waals surface area contributed by atoms with Crippen molar-refractivity contribution in [2.24, 2.45) is 5.41 Å². The molecule has 5 heteroatoms. The molecule has 0 bridgehead atoms. The summed E-state index contributed by atoms with van der Waals surface area (Å²) in [6.45, 7) is 6.04. The Hall–Kier alpha value is -1.88. The third kappa shape index (κ3) is 3.87. The Balaban J connectivity index is 1.74. The number of nitrogens with one attached hydrogen (secondary N) is 1. The Labute approximate surface area is 150 Å². The number of piperidine rings is 2. The van der Waals surface area contributed by atoms with Crippen molar-refractivity contribution in [2.75, 3.05) is 39.8 Å². The molecule has 2 saturated heterocycles. The Morgan fingerprint density at radius 3 is 2.52 bits per heavy atom. The standard InChI is InChI=1S/C20H29N3O2/c1-3-23-15-20(9-11-22(12-10-20)14-18(24)21-2)13-17(19(23)25)16-7-5-4-6-8-16/h4-8,17H,3,9-15H2,1-2H3,(H,21,24)/t17-/m1/s1. The molecule has 1 aromatic rings. The van der Waals surface area contributed by atoms with Crippen molar-refractivity contribution in [1.82, 2.24) is 15.1 Å². The van der Waals surface area contributed by atoms with Crippen LogP contribution in [0.4, 0.5) is 0 Å². The van der Waals surface area contributed by atoms with Crippen LogP contribution in [0.3, 0.4) is 0 Å². The summed E-state index contributed by atoms with van der Waals surface area (Å²) in [4.78, 5) is 28.8. The Kier molecular flexibility index (Phi) is 5.42. The molecule has 0 saturated carbocycles. The molecule has 25 heavy (non-hydrogen) atoms. The second kappa shape index (κ2) is 7.56. The molecule has 5 nitrogen and oxygen atoms in total. The first-order valence-corrected chi connectivity index (χ1v) is 9.33. The van der Waals surface area contributed by atoms with E-state index in [1.165, 1.54) is 0 Å². The number of benzene rings is 1. The highest BCUT2D eigenvalue weighted by atomic mass is 16.2. The van der Waals surface area contributed by atoms with Gasteiger partial charge in [0.1, 0.15) is 0 Å². The zero-order valence-corrected chi connectivity index (χ0v) is 15.3. The van der Waals surface area contributed by atoms with Crippen LogP contribution in [0.15, 0.2) is 30.3 Å². The van der Waals surface area contributed by atoms with Crippen molar-refractivity contribution in [2.45, 2.75) is 32.1 Å². The smallest absolute Gasteiger partial charge is 0.233 e. The van der Waals surface area contributed by atoms with Gasteiger partial charge in [0.05, 0.1) is 12.5 Å². The molecule has 0 aliphatic carbocycles. The van der Waals surface area contributed by atoms with Gasteiger partial charge in [0.25, 0.3) is 0 Å². The number of likely N-dealkylation sites (N-methyl/N-ethyl adjacent to an activating group) is 2. The molecule has 1 atom stereocenters. The molecule has 2 aliphatic heterocycles. The van der Waals surface area contributed by atoms with Crippen LogP contribution in [-0.4, -0.2) is 61.4 Å². The van der Waals surface area contributed by atoms with Crippen LogP contribution in [0.5, 0.6) is 0 Å². The second-order valence-electron chi connectivity index (χ2n) is 7.47. The number of nitrogens with zero attached hydrogens (tertiary/aromatic N) is 2. The summed E-state index contributed by atoms with van der Waals surface area (Å²) in [5.41, 5.74) is 1.32. The number of hydrogen-bond acceptors (Lipinski definition) is 3. The molecule has 0 unspecified atom stereocenters. The molecule has 2 aliphatic rings. The molecule has 1 N–H and O–H groups in total. The van der Waals surface area contributed by atoms with Gasteiger partial charge in [0.15, 0.2) is 0 Å². The van der Waals surface area contributed by atoms with Gasteiger partial charge in [-0.05, 0) is 50.3 Å². The number of hydrogen-bond donors (Lipinski definition) is 1. The Bertz CT molecular complexity index is 609. The lowest BCUT2D eigenvalue weighted by atomic mass is 9.67. The third-order valence-corrected chi connectivity index (χ3v) is 5.92. The van der Waals surface area contributed by atoms with Gasteiger partial charge in [-0.3, -0.25) is 14.5 Å². The van der Waals surface area contributed by atoms with Crippen molar-refractivity contribution in [1.29, 1.82) is 0 Å². The van der Waals surface area contributed by atoms with Crippen LogP contribution in [0.2, 0.25) is 0 Å². The SMILES string of the molecule is CCN1CC2(CCN(CC(=O)NC)CC2)C[C@H](c2ccccc2)C1=O. The van der Waals surface area contributed by atoms with Crippen LogP contribution >= 0.6 is 0 Å². The lowest BCUT2D eigenvalue weighted by molar-refractivity contribution is -0.141. The second-order valence-corrected chi connectivity index (χ2v) is 7.47. The van der Waals surface area contributed by atoms with Crippen LogP contribution in [0, 0.1) is 5.41 Å². The minimum atomic E-state index is -0.0274. The van der Waals surface area contributed by atoms with Crippen LogP contribution in [-0.2, 0) is 9.59 Å². The molecular weight excluding hydrogens is 314 g/mol. The molecule has 0 aromatic heterocycles. The zero-order valence-electron chi connectivity index (χ0n) is 15.3. The minimum absolute atomic E-state index is 0.0274. The quantitative estimate of drug-likeness (QED) is 0.908. The van der Waals surface area contributed by atoms with E-state index in [0.717, 1.165) is 51.0 Å². The lowest BCUT2D eigenvalue weighted by Gasteiger charge is -2.49. The van der Waals surface area contributed by atoms with E-state index >= 15 is 0 Å². The molecular formula is C20H29N3O2. The first kappa shape index (κ1) is 17.9. The van der Waals surface area contributed by atoms with Crippen molar-refractivity contribution in [3.05, 3.63) is 35.9 Å². The third-order valence-electron chi connectivity index (χ3n) is 5.92. The summed E-state index contributed by atoms with van der Waals surface area (Å²) in [5, 5.41) is 2.70. The maximum absolute atomic E-state index is 12.9. The summed E-state index contributed by atoms with van der Waals surface area (Å²) < 4.78 is 0. The number of likely N-dealkylation sites (tertiary alicyclic amines) is 2. The summed E-state index contributed by atoms with van der Waals surface area (Å²) in [6, 6.07) is 10.2. The van der Waals surface area contributed by atoms with Gasteiger partial charge in [0, 0.05) is 20.1 Å². The highest BCUT2D eigenvalue weighted by Crippen LogP contribution is 2.45. The van der Waals surface area contributed by atoms with E-state index in [2.05, 4.69) is 29.3 Å². The first-order valence-electron chi connectivity index (χ1n) is 9.33. The number of rotatable bonds is 4. The minimum Gasteiger partial charge on any atom is -0.358 e. The molecule has 3 rings (SSSR count). The van der Waals surface area contributed by atoms with Crippen molar-refractivity contribution in [3.8, 4) is 0 Å². The van der Waals surface area contributed by atoms with E-state index in [9.17, 15) is 9.59 Å². The average molecular weight is 343 g/mol. The fourth-order valence-corrected chi connectivity index (χ4v) is 4.33. The zero-order chi connectivity index (χ0) is 17.9. The normalized spacial score (nSPS) is 23.7. The summed E-state index contributed by atoms with van der Waals surface area (Å²) in [6.07, 6.45) is 3.04. The summed E-state index contributed by atoms with van der Waals surface area (Å²) in [7, 11) is 1.68. The molecule has 1 spiro atoms. The molecule has 0 radical (unpaired) electrons.